The second-order valence-electron chi connectivity index (χ2n) is 4.73. The van der Waals surface area contributed by atoms with Crippen LogP contribution in [-0.2, 0) is 0 Å². The molecule has 0 aliphatic heterocycles. The molecule has 92 valence electrons. The molecule has 1 aliphatic rings. The molecule has 1 aromatic rings. The number of benzene rings is 1. The Hall–Kier alpha value is -1.42. The van der Waals surface area contributed by atoms with E-state index in [1.165, 1.54) is 6.07 Å². The number of hydrogen-bond donors (Lipinski definition) is 2. The van der Waals surface area contributed by atoms with Crippen molar-refractivity contribution in [3.63, 3.8) is 0 Å². The highest BCUT2D eigenvalue weighted by molar-refractivity contribution is 5.95. The van der Waals surface area contributed by atoms with E-state index in [1.807, 2.05) is 0 Å². The average molecular weight is 236 g/mol. The van der Waals surface area contributed by atoms with Gasteiger partial charge in [0.15, 0.2) is 0 Å². The molecule has 0 bridgehead atoms. The first-order valence-corrected chi connectivity index (χ1v) is 5.86. The Bertz CT molecular complexity index is 436. The van der Waals surface area contributed by atoms with Crippen LogP contribution in [-0.4, -0.2) is 18.0 Å². The molecule has 0 unspecified atom stereocenters. The van der Waals surface area contributed by atoms with E-state index < -0.39 is 5.82 Å². The van der Waals surface area contributed by atoms with E-state index in [4.69, 9.17) is 5.73 Å². The van der Waals surface area contributed by atoms with Crippen LogP contribution in [0.1, 0.15) is 35.2 Å². The van der Waals surface area contributed by atoms with Gasteiger partial charge in [-0.1, -0.05) is 12.1 Å². The predicted molar refractivity (Wildman–Crippen MR) is 64.2 cm³/mol. The summed E-state index contributed by atoms with van der Waals surface area (Å²) in [6, 6.07) is 4.83. The molecule has 0 aromatic heterocycles. The van der Waals surface area contributed by atoms with Crippen LogP contribution in [0.5, 0.6) is 0 Å². The number of carbonyl (C=O) groups excluding carboxylic acids is 1. The second kappa shape index (κ2) is 4.45. The van der Waals surface area contributed by atoms with E-state index in [1.54, 1.807) is 19.1 Å². The van der Waals surface area contributed by atoms with Crippen LogP contribution in [0.4, 0.5) is 4.39 Å². The molecule has 1 aromatic carbocycles. The number of halogens is 1. The fraction of sp³-hybridized carbons (Fsp3) is 0.462. The quantitative estimate of drug-likeness (QED) is 0.840. The van der Waals surface area contributed by atoms with Crippen LogP contribution in [0.25, 0.3) is 0 Å². The van der Waals surface area contributed by atoms with Crippen LogP contribution >= 0.6 is 0 Å². The molecule has 17 heavy (non-hydrogen) atoms. The van der Waals surface area contributed by atoms with Gasteiger partial charge >= 0.3 is 0 Å². The minimum atomic E-state index is -0.448. The number of nitrogens with one attached hydrogen (secondary N) is 1. The third-order valence-corrected chi connectivity index (χ3v) is 3.52. The van der Waals surface area contributed by atoms with Crippen LogP contribution in [0.3, 0.4) is 0 Å². The minimum absolute atomic E-state index is 0.102. The standard InChI is InChI=1S/C13H17FN2O/c1-9-4-2-5-10(11(9)14)12(17)16-13(8-15)6-3-7-13/h2,4-5H,3,6-8,15H2,1H3,(H,16,17). The monoisotopic (exact) mass is 236 g/mol. The molecular formula is C13H17FN2O. The Balaban J connectivity index is 2.17. The smallest absolute Gasteiger partial charge is 0.254 e. The molecule has 0 radical (unpaired) electrons. The van der Waals surface area contributed by atoms with Crippen molar-refractivity contribution in [1.29, 1.82) is 0 Å². The highest BCUT2D eigenvalue weighted by Gasteiger charge is 2.37. The molecule has 1 fully saturated rings. The van der Waals surface area contributed by atoms with Crippen LogP contribution in [0.15, 0.2) is 18.2 Å². The van der Waals surface area contributed by atoms with Gasteiger partial charge < -0.3 is 11.1 Å². The maximum absolute atomic E-state index is 13.8. The van der Waals surface area contributed by atoms with Gasteiger partial charge in [-0.05, 0) is 37.8 Å². The van der Waals surface area contributed by atoms with Crippen molar-refractivity contribution in [1.82, 2.24) is 5.32 Å². The number of hydrogen-bond acceptors (Lipinski definition) is 2. The van der Waals surface area contributed by atoms with E-state index in [9.17, 15) is 9.18 Å². The first kappa shape index (κ1) is 12.0. The molecule has 0 heterocycles. The summed E-state index contributed by atoms with van der Waals surface area (Å²) in [7, 11) is 0. The van der Waals surface area contributed by atoms with Crippen LogP contribution in [0, 0.1) is 12.7 Å². The van der Waals surface area contributed by atoms with Gasteiger partial charge in [0.2, 0.25) is 0 Å². The molecule has 3 N–H and O–H groups in total. The maximum Gasteiger partial charge on any atom is 0.254 e. The number of rotatable bonds is 3. The third-order valence-electron chi connectivity index (χ3n) is 3.52. The fourth-order valence-corrected chi connectivity index (χ4v) is 2.11. The van der Waals surface area contributed by atoms with E-state index in [0.717, 1.165) is 19.3 Å². The molecule has 3 nitrogen and oxygen atoms in total. The zero-order valence-corrected chi connectivity index (χ0v) is 9.92. The van der Waals surface area contributed by atoms with E-state index in [-0.39, 0.29) is 17.0 Å². The maximum atomic E-state index is 13.8. The van der Waals surface area contributed by atoms with Crippen molar-refractivity contribution in [2.45, 2.75) is 31.7 Å². The molecule has 2 rings (SSSR count). The number of aryl methyl sites for hydroxylation is 1. The lowest BCUT2D eigenvalue weighted by Gasteiger charge is -2.41. The Kier molecular flexibility index (Phi) is 3.15. The average Bonchev–Trinajstić information content (AvgIpc) is 2.27. The molecule has 0 atom stereocenters. The lowest BCUT2D eigenvalue weighted by Crippen LogP contribution is -2.58. The van der Waals surface area contributed by atoms with Crippen molar-refractivity contribution in [2.24, 2.45) is 5.73 Å². The van der Waals surface area contributed by atoms with Gasteiger partial charge in [0.05, 0.1) is 11.1 Å². The second-order valence-corrected chi connectivity index (χ2v) is 4.73. The third kappa shape index (κ3) is 2.17. The highest BCUT2D eigenvalue weighted by Crippen LogP contribution is 2.31. The first-order chi connectivity index (χ1) is 8.08. The van der Waals surface area contributed by atoms with Crippen molar-refractivity contribution in [3.8, 4) is 0 Å². The molecule has 0 saturated heterocycles. The van der Waals surface area contributed by atoms with Crippen LogP contribution in [0.2, 0.25) is 0 Å². The summed E-state index contributed by atoms with van der Waals surface area (Å²) in [5.74, 6) is -0.812. The molecule has 0 spiro atoms. The topological polar surface area (TPSA) is 55.1 Å². The molecule has 1 amide bonds. The van der Waals surface area contributed by atoms with E-state index >= 15 is 0 Å². The molecule has 4 heteroatoms. The van der Waals surface area contributed by atoms with Gasteiger partial charge in [0.25, 0.3) is 5.91 Å². The van der Waals surface area contributed by atoms with Crippen molar-refractivity contribution >= 4 is 5.91 Å². The molecular weight excluding hydrogens is 219 g/mol. The predicted octanol–water partition coefficient (Wildman–Crippen LogP) is 1.75. The van der Waals surface area contributed by atoms with Crippen LogP contribution < -0.4 is 11.1 Å². The van der Waals surface area contributed by atoms with Gasteiger partial charge in [0, 0.05) is 6.54 Å². The Morgan fingerprint density at radius 2 is 2.24 bits per heavy atom. The van der Waals surface area contributed by atoms with Gasteiger partial charge in [0.1, 0.15) is 5.82 Å². The van der Waals surface area contributed by atoms with Crippen molar-refractivity contribution in [3.05, 3.63) is 35.1 Å². The van der Waals surface area contributed by atoms with Gasteiger partial charge in [-0.2, -0.15) is 0 Å². The highest BCUT2D eigenvalue weighted by atomic mass is 19.1. The number of carbonyl (C=O) groups is 1. The largest absolute Gasteiger partial charge is 0.345 e. The zero-order valence-electron chi connectivity index (χ0n) is 9.92. The summed E-state index contributed by atoms with van der Waals surface area (Å²) in [6.45, 7) is 2.06. The Morgan fingerprint density at radius 1 is 1.53 bits per heavy atom. The zero-order chi connectivity index (χ0) is 12.5. The van der Waals surface area contributed by atoms with Crippen molar-refractivity contribution in [2.75, 3.05) is 6.54 Å². The lowest BCUT2D eigenvalue weighted by atomic mass is 9.76. The summed E-state index contributed by atoms with van der Waals surface area (Å²) >= 11 is 0. The lowest BCUT2D eigenvalue weighted by molar-refractivity contribution is 0.0833. The Morgan fingerprint density at radius 3 is 2.76 bits per heavy atom. The first-order valence-electron chi connectivity index (χ1n) is 5.86. The van der Waals surface area contributed by atoms with Gasteiger partial charge in [-0.25, -0.2) is 4.39 Å². The number of nitrogens with two attached hydrogens (primary N) is 1. The molecule has 1 aliphatic carbocycles. The Labute approximate surface area is 100 Å². The van der Waals surface area contributed by atoms with Gasteiger partial charge in [-0.15, -0.1) is 0 Å². The normalized spacial score (nSPS) is 17.4. The summed E-state index contributed by atoms with van der Waals surface area (Å²) < 4.78 is 13.8. The van der Waals surface area contributed by atoms with E-state index in [0.29, 0.717) is 12.1 Å². The summed E-state index contributed by atoms with van der Waals surface area (Å²) in [6.07, 6.45) is 2.82. The SMILES string of the molecule is Cc1cccc(C(=O)NC2(CN)CCC2)c1F. The fourth-order valence-electron chi connectivity index (χ4n) is 2.11. The summed E-state index contributed by atoms with van der Waals surface area (Å²) in [5.41, 5.74) is 5.92. The molecule has 1 saturated carbocycles. The van der Waals surface area contributed by atoms with E-state index in [2.05, 4.69) is 5.32 Å². The summed E-state index contributed by atoms with van der Waals surface area (Å²) in [5, 5.41) is 2.86. The minimum Gasteiger partial charge on any atom is -0.345 e. The summed E-state index contributed by atoms with van der Waals surface area (Å²) in [4.78, 5) is 12.0. The number of amides is 1. The van der Waals surface area contributed by atoms with Gasteiger partial charge in [-0.3, -0.25) is 4.79 Å². The van der Waals surface area contributed by atoms with Crippen molar-refractivity contribution < 1.29 is 9.18 Å².